The first-order valence-corrected chi connectivity index (χ1v) is 15.3. The van der Waals surface area contributed by atoms with Gasteiger partial charge in [-0.15, -0.1) is 0 Å². The van der Waals surface area contributed by atoms with Crippen molar-refractivity contribution >= 4 is 95.7 Å². The number of fused-ring (bicyclic) bond motifs is 1. The number of halogens is 5. The van der Waals surface area contributed by atoms with Gasteiger partial charge in [-0.2, -0.15) is 5.10 Å². The molecule has 0 aliphatic rings. The van der Waals surface area contributed by atoms with Crippen LogP contribution >= 0.6 is 66.7 Å². The molecular formula is C31H20Br2Cl3N3O3. The molecule has 11 heteroatoms. The lowest BCUT2D eigenvalue weighted by Gasteiger charge is -2.11. The van der Waals surface area contributed by atoms with Gasteiger partial charge in [-0.1, -0.05) is 94.1 Å². The number of H-pyrrole nitrogens is 1. The Bertz CT molecular complexity index is 1890. The van der Waals surface area contributed by atoms with Crippen LogP contribution in [0.1, 0.15) is 38.9 Å². The molecule has 0 bridgehead atoms. The van der Waals surface area contributed by atoms with E-state index < -0.39 is 11.9 Å². The van der Waals surface area contributed by atoms with Crippen molar-refractivity contribution in [2.24, 2.45) is 5.10 Å². The van der Waals surface area contributed by atoms with E-state index in [-0.39, 0.29) is 16.3 Å². The minimum absolute atomic E-state index is 0.143. The second-order valence-electron chi connectivity index (χ2n) is 9.07. The van der Waals surface area contributed by atoms with Crippen LogP contribution in [0.2, 0.25) is 15.1 Å². The smallest absolute Gasteiger partial charge is 0.345 e. The van der Waals surface area contributed by atoms with E-state index in [1.54, 1.807) is 24.3 Å². The molecule has 0 atom stereocenters. The number of nitrogens with one attached hydrogen (secondary N) is 2. The Labute approximate surface area is 273 Å². The summed E-state index contributed by atoms with van der Waals surface area (Å²) >= 11 is 25.6. The van der Waals surface area contributed by atoms with Crippen molar-refractivity contribution in [2.75, 3.05) is 0 Å². The molecule has 42 heavy (non-hydrogen) atoms. The summed E-state index contributed by atoms with van der Waals surface area (Å²) in [5, 5.41) is 6.13. The van der Waals surface area contributed by atoms with Crippen molar-refractivity contribution in [2.45, 2.75) is 13.3 Å². The van der Waals surface area contributed by atoms with Gasteiger partial charge in [-0.25, -0.2) is 10.2 Å². The van der Waals surface area contributed by atoms with E-state index in [1.165, 1.54) is 18.3 Å². The highest BCUT2D eigenvalue weighted by molar-refractivity contribution is 9.11. The van der Waals surface area contributed by atoms with Gasteiger partial charge in [0.25, 0.3) is 5.91 Å². The number of hydrogen-bond donors (Lipinski definition) is 2. The van der Waals surface area contributed by atoms with Gasteiger partial charge in [0, 0.05) is 42.1 Å². The molecule has 0 radical (unpaired) electrons. The van der Waals surface area contributed by atoms with Crippen LogP contribution in [0.25, 0.3) is 22.0 Å². The van der Waals surface area contributed by atoms with E-state index in [1.807, 2.05) is 36.4 Å². The van der Waals surface area contributed by atoms with Crippen molar-refractivity contribution in [3.8, 4) is 16.9 Å². The quantitative estimate of drug-likeness (QED) is 0.0753. The zero-order valence-corrected chi connectivity index (χ0v) is 27.2. The number of nitrogens with zero attached hydrogens (tertiary/aromatic N) is 1. The third-order valence-corrected chi connectivity index (χ3v) is 8.35. The van der Waals surface area contributed by atoms with E-state index >= 15 is 0 Å². The Balaban J connectivity index is 1.47. The molecular weight excluding hydrogens is 729 g/mol. The van der Waals surface area contributed by atoms with Crippen molar-refractivity contribution in [3.05, 3.63) is 119 Å². The highest BCUT2D eigenvalue weighted by Gasteiger charge is 2.22. The molecule has 0 fully saturated rings. The summed E-state index contributed by atoms with van der Waals surface area (Å²) in [5.41, 5.74) is 6.78. The van der Waals surface area contributed by atoms with Crippen molar-refractivity contribution in [1.29, 1.82) is 0 Å². The summed E-state index contributed by atoms with van der Waals surface area (Å²) in [6.07, 6.45) is 2.16. The largest absolute Gasteiger partial charge is 0.421 e. The number of amides is 1. The van der Waals surface area contributed by atoms with E-state index in [9.17, 15) is 9.59 Å². The summed E-state index contributed by atoms with van der Waals surface area (Å²) in [6.45, 7) is 2.05. The molecule has 0 saturated heterocycles. The number of rotatable bonds is 7. The topological polar surface area (TPSA) is 83.5 Å². The number of para-hydroxylation sites is 1. The van der Waals surface area contributed by atoms with Gasteiger partial charge >= 0.3 is 5.97 Å². The number of carbonyl (C=O) groups is 2. The number of aromatic nitrogens is 1. The first-order chi connectivity index (χ1) is 20.2. The number of aromatic amines is 1. The fourth-order valence-electron chi connectivity index (χ4n) is 4.49. The van der Waals surface area contributed by atoms with E-state index in [2.05, 4.69) is 54.3 Å². The third-order valence-electron chi connectivity index (χ3n) is 6.42. The van der Waals surface area contributed by atoms with E-state index in [0.717, 1.165) is 28.5 Å². The van der Waals surface area contributed by atoms with Gasteiger partial charge in [0.1, 0.15) is 5.69 Å². The molecule has 0 unspecified atom stereocenters. The number of hydrogen-bond acceptors (Lipinski definition) is 4. The Morgan fingerprint density at radius 1 is 0.976 bits per heavy atom. The first kappa shape index (κ1) is 30.3. The molecule has 0 spiro atoms. The predicted octanol–water partition coefficient (Wildman–Crippen LogP) is 9.87. The molecule has 5 aromatic rings. The molecule has 0 saturated carbocycles. The SMILES string of the molecule is CCc1cccc2c(-c3ccccc3Cl)c(C(=O)NN=Cc3cc(Br)cc(Br)c3OC(=O)c3ccc(Cl)cc3Cl)[nH]c12. The number of aryl methyl sites for hydroxylation is 1. The van der Waals surface area contributed by atoms with Crippen molar-refractivity contribution in [1.82, 2.24) is 10.4 Å². The molecule has 6 nitrogen and oxygen atoms in total. The molecule has 1 amide bonds. The average Bonchev–Trinajstić information content (AvgIpc) is 3.34. The lowest BCUT2D eigenvalue weighted by molar-refractivity contribution is 0.0733. The van der Waals surface area contributed by atoms with Crippen LogP contribution in [0.4, 0.5) is 0 Å². The van der Waals surface area contributed by atoms with E-state index in [0.29, 0.717) is 35.8 Å². The Morgan fingerprint density at radius 2 is 1.76 bits per heavy atom. The van der Waals surface area contributed by atoms with Crippen LogP contribution in [-0.4, -0.2) is 23.1 Å². The molecule has 0 aliphatic carbocycles. The minimum atomic E-state index is -0.687. The van der Waals surface area contributed by atoms with Gasteiger partial charge in [0.2, 0.25) is 0 Å². The maximum Gasteiger partial charge on any atom is 0.345 e. The van der Waals surface area contributed by atoms with Crippen molar-refractivity contribution < 1.29 is 14.3 Å². The predicted molar refractivity (Wildman–Crippen MR) is 176 cm³/mol. The minimum Gasteiger partial charge on any atom is -0.421 e. The first-order valence-electron chi connectivity index (χ1n) is 12.6. The molecule has 1 heterocycles. The van der Waals surface area contributed by atoms with Gasteiger partial charge in [-0.05, 0) is 64.3 Å². The monoisotopic (exact) mass is 745 g/mol. The fourth-order valence-corrected chi connectivity index (χ4v) is 6.54. The fraction of sp³-hybridized carbons (Fsp3) is 0.0645. The average molecular weight is 749 g/mol. The lowest BCUT2D eigenvalue weighted by Crippen LogP contribution is -2.19. The maximum atomic E-state index is 13.5. The summed E-state index contributed by atoms with van der Waals surface area (Å²) in [7, 11) is 0. The second-order valence-corrected chi connectivity index (χ2v) is 12.1. The standard InChI is InChI=1S/C31H20Br2Cl3N3O3/c1-2-16-6-5-8-22-26(20-7-3-4-9-24(20)35)28(38-27(16)22)30(40)39-37-15-17-12-18(32)13-23(33)29(17)42-31(41)21-11-10-19(34)14-25(21)36/h3-15,38H,2H2,1H3,(H,39,40). The second kappa shape index (κ2) is 13.0. The molecule has 0 aliphatic heterocycles. The van der Waals surface area contributed by atoms with Crippen molar-refractivity contribution in [3.63, 3.8) is 0 Å². The maximum absolute atomic E-state index is 13.5. The number of ether oxygens (including phenoxy) is 1. The van der Waals surface area contributed by atoms with Gasteiger partial charge in [0.15, 0.2) is 5.75 Å². The number of carbonyl (C=O) groups excluding carboxylic acids is 2. The zero-order valence-electron chi connectivity index (χ0n) is 21.8. The molecule has 2 N–H and O–H groups in total. The van der Waals surface area contributed by atoms with Crippen LogP contribution in [0, 0.1) is 0 Å². The zero-order chi connectivity index (χ0) is 30.0. The van der Waals surface area contributed by atoms with E-state index in [4.69, 9.17) is 39.5 Å². The summed E-state index contributed by atoms with van der Waals surface area (Å²) in [5.74, 6) is -0.977. The normalized spacial score (nSPS) is 11.3. The highest BCUT2D eigenvalue weighted by atomic mass is 79.9. The van der Waals surface area contributed by atoms with Gasteiger partial charge < -0.3 is 9.72 Å². The highest BCUT2D eigenvalue weighted by Crippen LogP contribution is 2.38. The Morgan fingerprint density at radius 3 is 2.50 bits per heavy atom. The summed E-state index contributed by atoms with van der Waals surface area (Å²) in [6, 6.07) is 21.2. The number of esters is 1. The molecule has 5 rings (SSSR count). The molecule has 212 valence electrons. The Hall–Kier alpha value is -3.14. The van der Waals surface area contributed by atoms with Crippen LogP contribution in [-0.2, 0) is 6.42 Å². The number of benzene rings is 4. The molecule has 1 aromatic heterocycles. The summed E-state index contributed by atoms with van der Waals surface area (Å²) < 4.78 is 6.85. The van der Waals surface area contributed by atoms with Crippen LogP contribution in [0.15, 0.2) is 86.8 Å². The molecule has 4 aromatic carbocycles. The Kier molecular flexibility index (Phi) is 9.40. The number of hydrazone groups is 1. The van der Waals surface area contributed by atoms with Crippen LogP contribution in [0.5, 0.6) is 5.75 Å². The van der Waals surface area contributed by atoms with Crippen LogP contribution in [0.3, 0.4) is 0 Å². The lowest BCUT2D eigenvalue weighted by atomic mass is 9.99. The van der Waals surface area contributed by atoms with Gasteiger partial charge in [0.05, 0.1) is 21.3 Å². The summed E-state index contributed by atoms with van der Waals surface area (Å²) in [4.78, 5) is 29.7. The third kappa shape index (κ3) is 6.28. The van der Waals surface area contributed by atoms with Crippen LogP contribution < -0.4 is 10.2 Å². The van der Waals surface area contributed by atoms with Gasteiger partial charge in [-0.3, -0.25) is 4.79 Å².